The fraction of sp³-hybridized carbons (Fsp3) is 0.480. The summed E-state index contributed by atoms with van der Waals surface area (Å²) < 4.78 is 66.5. The Bertz CT molecular complexity index is 1220. The smallest absolute Gasteiger partial charge is 0.406 e. The fourth-order valence-corrected chi connectivity index (χ4v) is 5.99. The van der Waals surface area contributed by atoms with Gasteiger partial charge in [-0.25, -0.2) is 13.2 Å². The minimum absolute atomic E-state index is 0.0219. The maximum absolute atomic E-state index is 13.4. The summed E-state index contributed by atoms with van der Waals surface area (Å²) in [4.78, 5) is 19.0. The number of ether oxygens (including phenoxy) is 1. The molecule has 2 aromatic rings. The van der Waals surface area contributed by atoms with Crippen LogP contribution in [0.2, 0.25) is 5.02 Å². The molecule has 2 atom stereocenters. The molecule has 2 fully saturated rings. The Labute approximate surface area is 225 Å². The molecule has 0 N–H and O–H groups in total. The SMILES string of the molecule is CN(Cc1ccc(OC(F)(F)F)cc1)[C@H]1CN(C(=O)N2CCN(S(C)(=O)=O)CC2)C[C@@H]1c1ccc(Cl)cc1. The van der Waals surface area contributed by atoms with E-state index in [-0.39, 0.29) is 36.8 Å². The molecular formula is C25H30ClF3N4O4S. The number of hydrogen-bond acceptors (Lipinski definition) is 5. The van der Waals surface area contributed by atoms with Crippen LogP contribution >= 0.6 is 11.6 Å². The number of likely N-dealkylation sites (N-methyl/N-ethyl adjacent to an activating group) is 1. The summed E-state index contributed by atoms with van der Waals surface area (Å²) in [5.74, 6) is -0.303. The van der Waals surface area contributed by atoms with Gasteiger partial charge in [0.2, 0.25) is 10.0 Å². The Morgan fingerprint density at radius 1 is 1.00 bits per heavy atom. The van der Waals surface area contributed by atoms with E-state index in [1.807, 2.05) is 31.3 Å². The van der Waals surface area contributed by atoms with Crippen molar-refractivity contribution >= 4 is 27.7 Å². The molecule has 13 heteroatoms. The first kappa shape index (κ1) is 28.5. The maximum Gasteiger partial charge on any atom is 0.573 e. The highest BCUT2D eigenvalue weighted by atomic mass is 35.5. The molecule has 2 aliphatic heterocycles. The predicted octanol–water partition coefficient (Wildman–Crippen LogP) is 3.84. The van der Waals surface area contributed by atoms with Crippen LogP contribution < -0.4 is 4.74 Å². The Balaban J connectivity index is 1.47. The molecule has 2 aromatic carbocycles. The Kier molecular flexibility index (Phi) is 8.46. The number of carbonyl (C=O) groups is 1. The van der Waals surface area contributed by atoms with Crippen molar-refractivity contribution in [1.82, 2.24) is 19.0 Å². The van der Waals surface area contributed by atoms with Crippen molar-refractivity contribution in [2.75, 3.05) is 52.6 Å². The van der Waals surface area contributed by atoms with Crippen molar-refractivity contribution in [3.05, 3.63) is 64.7 Å². The number of sulfonamides is 1. The molecule has 2 amide bonds. The summed E-state index contributed by atoms with van der Waals surface area (Å²) in [6.07, 6.45) is -3.58. The molecule has 0 aromatic heterocycles. The molecule has 0 spiro atoms. The predicted molar refractivity (Wildman–Crippen MR) is 138 cm³/mol. The van der Waals surface area contributed by atoms with E-state index in [4.69, 9.17) is 11.6 Å². The zero-order valence-corrected chi connectivity index (χ0v) is 22.6. The zero-order chi connectivity index (χ0) is 27.7. The van der Waals surface area contributed by atoms with Gasteiger partial charge in [-0.1, -0.05) is 35.9 Å². The van der Waals surface area contributed by atoms with Gasteiger partial charge in [-0.05, 0) is 42.4 Å². The third kappa shape index (κ3) is 7.10. The van der Waals surface area contributed by atoms with Gasteiger partial charge in [0, 0.05) is 62.8 Å². The average Bonchev–Trinajstić information content (AvgIpc) is 3.29. The summed E-state index contributed by atoms with van der Waals surface area (Å²) in [7, 11) is -1.38. The van der Waals surface area contributed by atoms with Gasteiger partial charge < -0.3 is 14.5 Å². The topological polar surface area (TPSA) is 73.4 Å². The first-order valence-electron chi connectivity index (χ1n) is 12.1. The molecule has 208 valence electrons. The van der Waals surface area contributed by atoms with Gasteiger partial charge in [-0.15, -0.1) is 13.2 Å². The quantitative estimate of drug-likeness (QED) is 0.524. The van der Waals surface area contributed by atoms with E-state index in [0.717, 1.165) is 11.1 Å². The van der Waals surface area contributed by atoms with Crippen LogP contribution in [0.1, 0.15) is 17.0 Å². The number of alkyl halides is 3. The number of benzene rings is 2. The highest BCUT2D eigenvalue weighted by molar-refractivity contribution is 7.88. The van der Waals surface area contributed by atoms with E-state index >= 15 is 0 Å². The van der Waals surface area contributed by atoms with Crippen molar-refractivity contribution in [2.24, 2.45) is 0 Å². The standard InChI is InChI=1S/C25H30ClF3N4O4S/c1-30(15-18-3-9-21(10-4-18)37-25(27,28)29)23-17-32(16-22(23)19-5-7-20(26)8-6-19)24(34)31-11-13-33(14-12-31)38(2,35)36/h3-10,22-23H,11-17H2,1-2H3/t22-,23+/m1/s1. The van der Waals surface area contributed by atoms with E-state index in [0.29, 0.717) is 37.7 Å². The lowest BCUT2D eigenvalue weighted by molar-refractivity contribution is -0.274. The normalized spacial score (nSPS) is 21.2. The van der Waals surface area contributed by atoms with Crippen molar-refractivity contribution in [1.29, 1.82) is 0 Å². The summed E-state index contributed by atoms with van der Waals surface area (Å²) in [5, 5.41) is 0.606. The number of likely N-dealkylation sites (tertiary alicyclic amines) is 1. The van der Waals surface area contributed by atoms with Crippen LogP contribution in [0, 0.1) is 0 Å². The van der Waals surface area contributed by atoms with Crippen molar-refractivity contribution in [3.8, 4) is 5.75 Å². The van der Waals surface area contributed by atoms with Gasteiger partial charge in [0.1, 0.15) is 5.75 Å². The zero-order valence-electron chi connectivity index (χ0n) is 21.1. The summed E-state index contributed by atoms with van der Waals surface area (Å²) in [6, 6.07) is 13.0. The third-order valence-corrected chi connectivity index (χ3v) is 8.55. The van der Waals surface area contributed by atoms with Crippen LogP contribution in [-0.4, -0.2) is 98.4 Å². The summed E-state index contributed by atoms with van der Waals surface area (Å²) in [6.45, 7) is 2.54. The molecule has 8 nitrogen and oxygen atoms in total. The lowest BCUT2D eigenvalue weighted by Crippen LogP contribution is -2.53. The molecule has 2 aliphatic rings. The number of amides is 2. The van der Waals surface area contributed by atoms with Gasteiger partial charge in [-0.2, -0.15) is 4.31 Å². The number of piperazine rings is 1. The van der Waals surface area contributed by atoms with Crippen LogP contribution in [-0.2, 0) is 16.6 Å². The Morgan fingerprint density at radius 3 is 2.16 bits per heavy atom. The van der Waals surface area contributed by atoms with E-state index in [1.54, 1.807) is 21.9 Å². The fourth-order valence-electron chi connectivity index (χ4n) is 5.04. The number of hydrogen-bond donors (Lipinski definition) is 0. The highest BCUT2D eigenvalue weighted by Gasteiger charge is 2.40. The molecule has 2 saturated heterocycles. The Morgan fingerprint density at radius 2 is 1.61 bits per heavy atom. The van der Waals surface area contributed by atoms with E-state index in [2.05, 4.69) is 9.64 Å². The molecule has 4 rings (SSSR count). The monoisotopic (exact) mass is 574 g/mol. The molecule has 0 saturated carbocycles. The summed E-state index contributed by atoms with van der Waals surface area (Å²) in [5.41, 5.74) is 1.83. The van der Waals surface area contributed by atoms with Crippen LogP contribution in [0.5, 0.6) is 5.75 Å². The van der Waals surface area contributed by atoms with Gasteiger partial charge >= 0.3 is 12.4 Å². The van der Waals surface area contributed by atoms with Crippen LogP contribution in [0.4, 0.5) is 18.0 Å². The van der Waals surface area contributed by atoms with E-state index in [9.17, 15) is 26.4 Å². The molecular weight excluding hydrogens is 545 g/mol. The first-order chi connectivity index (χ1) is 17.8. The maximum atomic E-state index is 13.4. The summed E-state index contributed by atoms with van der Waals surface area (Å²) >= 11 is 6.09. The lowest BCUT2D eigenvalue weighted by atomic mass is 9.93. The van der Waals surface area contributed by atoms with Gasteiger partial charge in [-0.3, -0.25) is 4.90 Å². The molecule has 0 aliphatic carbocycles. The minimum atomic E-state index is -4.75. The van der Waals surface area contributed by atoms with Crippen LogP contribution in [0.15, 0.2) is 48.5 Å². The largest absolute Gasteiger partial charge is 0.573 e. The molecule has 0 radical (unpaired) electrons. The highest BCUT2D eigenvalue weighted by Crippen LogP contribution is 2.33. The second kappa shape index (κ2) is 11.3. The van der Waals surface area contributed by atoms with Crippen LogP contribution in [0.25, 0.3) is 0 Å². The van der Waals surface area contributed by atoms with Gasteiger partial charge in [0.15, 0.2) is 0 Å². The van der Waals surface area contributed by atoms with E-state index in [1.165, 1.54) is 22.7 Å². The molecule has 0 bridgehead atoms. The number of halogens is 4. The van der Waals surface area contributed by atoms with E-state index < -0.39 is 16.4 Å². The second-order valence-electron chi connectivity index (χ2n) is 9.67. The minimum Gasteiger partial charge on any atom is -0.406 e. The first-order valence-corrected chi connectivity index (χ1v) is 14.3. The lowest BCUT2D eigenvalue weighted by Gasteiger charge is -2.35. The van der Waals surface area contributed by atoms with Crippen molar-refractivity contribution in [2.45, 2.75) is 24.9 Å². The number of urea groups is 1. The van der Waals surface area contributed by atoms with Gasteiger partial charge in [0.25, 0.3) is 0 Å². The van der Waals surface area contributed by atoms with Gasteiger partial charge in [0.05, 0.1) is 6.26 Å². The number of rotatable bonds is 6. The third-order valence-electron chi connectivity index (χ3n) is 6.99. The Hall–Kier alpha value is -2.54. The second-order valence-corrected chi connectivity index (χ2v) is 12.1. The van der Waals surface area contributed by atoms with Crippen molar-refractivity contribution < 1.29 is 31.1 Å². The number of carbonyl (C=O) groups excluding carboxylic acids is 1. The molecule has 2 heterocycles. The average molecular weight is 575 g/mol. The molecule has 38 heavy (non-hydrogen) atoms. The van der Waals surface area contributed by atoms with Crippen LogP contribution in [0.3, 0.4) is 0 Å². The molecule has 0 unspecified atom stereocenters. The van der Waals surface area contributed by atoms with Crippen molar-refractivity contribution in [3.63, 3.8) is 0 Å². The number of nitrogens with zero attached hydrogens (tertiary/aromatic N) is 4.